The van der Waals surface area contributed by atoms with Gasteiger partial charge in [0.25, 0.3) is 0 Å². The summed E-state index contributed by atoms with van der Waals surface area (Å²) in [5.74, 6) is 0.625. The van der Waals surface area contributed by atoms with Crippen molar-refractivity contribution >= 4 is 5.96 Å². The molecule has 5 nitrogen and oxygen atoms in total. The van der Waals surface area contributed by atoms with E-state index in [-0.39, 0.29) is 5.60 Å². The van der Waals surface area contributed by atoms with E-state index < -0.39 is 0 Å². The number of guanidine groups is 1. The molecule has 92 valence electrons. The number of ether oxygens (including phenoxy) is 2. The van der Waals surface area contributed by atoms with Gasteiger partial charge in [0.05, 0.1) is 25.4 Å². The third-order valence-corrected chi connectivity index (χ3v) is 3.21. The van der Waals surface area contributed by atoms with E-state index in [4.69, 9.17) is 15.2 Å². The van der Waals surface area contributed by atoms with E-state index in [1.807, 2.05) is 0 Å². The van der Waals surface area contributed by atoms with Gasteiger partial charge in [0.15, 0.2) is 5.96 Å². The van der Waals surface area contributed by atoms with Crippen LogP contribution in [0.2, 0.25) is 0 Å². The zero-order valence-electron chi connectivity index (χ0n) is 9.95. The van der Waals surface area contributed by atoms with E-state index in [1.54, 1.807) is 0 Å². The highest BCUT2D eigenvalue weighted by molar-refractivity contribution is 5.78. The quantitative estimate of drug-likeness (QED) is 0.541. The molecule has 0 bridgehead atoms. The molecular weight excluding hydrogens is 206 g/mol. The molecule has 0 radical (unpaired) electrons. The minimum atomic E-state index is -0.100. The molecule has 0 aromatic rings. The van der Waals surface area contributed by atoms with Gasteiger partial charge in [-0.15, -0.1) is 0 Å². The van der Waals surface area contributed by atoms with Gasteiger partial charge in [-0.05, 0) is 19.8 Å². The van der Waals surface area contributed by atoms with Gasteiger partial charge < -0.3 is 20.1 Å². The molecule has 5 heteroatoms. The van der Waals surface area contributed by atoms with Crippen LogP contribution >= 0.6 is 0 Å². The second kappa shape index (κ2) is 5.01. The Balaban J connectivity index is 1.85. The van der Waals surface area contributed by atoms with Gasteiger partial charge in [0.2, 0.25) is 0 Å². The summed E-state index contributed by atoms with van der Waals surface area (Å²) in [6, 6.07) is 0. The molecule has 16 heavy (non-hydrogen) atoms. The summed E-state index contributed by atoms with van der Waals surface area (Å²) in [6.45, 7) is 6.78. The van der Waals surface area contributed by atoms with Gasteiger partial charge >= 0.3 is 0 Å². The first-order valence-corrected chi connectivity index (χ1v) is 5.96. The van der Waals surface area contributed by atoms with Crippen LogP contribution in [0.15, 0.2) is 4.99 Å². The van der Waals surface area contributed by atoms with Crippen LogP contribution in [-0.4, -0.2) is 55.9 Å². The maximum Gasteiger partial charge on any atom is 0.191 e. The van der Waals surface area contributed by atoms with Crippen LogP contribution in [0.5, 0.6) is 0 Å². The summed E-state index contributed by atoms with van der Waals surface area (Å²) in [6.07, 6.45) is 2.20. The number of nitrogens with zero attached hydrogens (tertiary/aromatic N) is 2. The molecule has 0 aromatic heterocycles. The molecule has 2 aliphatic rings. The molecule has 2 fully saturated rings. The van der Waals surface area contributed by atoms with Crippen molar-refractivity contribution in [1.82, 2.24) is 4.90 Å². The summed E-state index contributed by atoms with van der Waals surface area (Å²) in [5.41, 5.74) is 5.85. The van der Waals surface area contributed by atoms with E-state index in [0.29, 0.717) is 12.5 Å². The minimum absolute atomic E-state index is 0.100. The van der Waals surface area contributed by atoms with E-state index in [1.165, 1.54) is 0 Å². The van der Waals surface area contributed by atoms with Crippen molar-refractivity contribution in [3.8, 4) is 0 Å². The highest BCUT2D eigenvalue weighted by atomic mass is 16.5. The van der Waals surface area contributed by atoms with Crippen LogP contribution in [0.1, 0.15) is 19.8 Å². The Hall–Kier alpha value is -0.810. The van der Waals surface area contributed by atoms with Crippen molar-refractivity contribution in [1.29, 1.82) is 0 Å². The number of morpholine rings is 1. The SMILES string of the molecule is CC1(CN=C(N)N2CCOCC2)CCCO1. The van der Waals surface area contributed by atoms with Crippen LogP contribution in [-0.2, 0) is 9.47 Å². The van der Waals surface area contributed by atoms with Crippen molar-refractivity contribution in [2.24, 2.45) is 10.7 Å². The molecule has 0 spiro atoms. The molecule has 1 unspecified atom stereocenters. The number of nitrogens with two attached hydrogens (primary N) is 1. The first-order valence-electron chi connectivity index (χ1n) is 5.96. The van der Waals surface area contributed by atoms with Crippen molar-refractivity contribution in [3.05, 3.63) is 0 Å². The highest BCUT2D eigenvalue weighted by Gasteiger charge is 2.29. The second-order valence-corrected chi connectivity index (χ2v) is 4.68. The molecule has 0 amide bonds. The summed E-state index contributed by atoms with van der Waals surface area (Å²) < 4.78 is 10.9. The number of rotatable bonds is 2. The van der Waals surface area contributed by atoms with Gasteiger partial charge in [0.1, 0.15) is 0 Å². The highest BCUT2D eigenvalue weighted by Crippen LogP contribution is 2.25. The Morgan fingerprint density at radius 2 is 2.12 bits per heavy atom. The first-order chi connectivity index (χ1) is 7.70. The fraction of sp³-hybridized carbons (Fsp3) is 0.909. The zero-order chi connectivity index (χ0) is 11.4. The fourth-order valence-corrected chi connectivity index (χ4v) is 2.10. The molecule has 0 saturated carbocycles. The largest absolute Gasteiger partial charge is 0.378 e. The van der Waals surface area contributed by atoms with Crippen LogP contribution in [0, 0.1) is 0 Å². The van der Waals surface area contributed by atoms with Crippen LogP contribution in [0.4, 0.5) is 0 Å². The molecule has 2 aliphatic heterocycles. The van der Waals surface area contributed by atoms with E-state index in [9.17, 15) is 0 Å². The molecule has 2 saturated heterocycles. The Bertz CT molecular complexity index is 256. The molecule has 1 atom stereocenters. The fourth-order valence-electron chi connectivity index (χ4n) is 2.10. The molecule has 0 aromatic carbocycles. The lowest BCUT2D eigenvalue weighted by molar-refractivity contribution is 0.0278. The smallest absolute Gasteiger partial charge is 0.191 e. The summed E-state index contributed by atoms with van der Waals surface area (Å²) in [4.78, 5) is 6.51. The van der Waals surface area contributed by atoms with Crippen molar-refractivity contribution in [2.75, 3.05) is 39.5 Å². The monoisotopic (exact) mass is 227 g/mol. The second-order valence-electron chi connectivity index (χ2n) is 4.68. The predicted octanol–water partition coefficient (Wildman–Crippen LogP) is 0.202. The Labute approximate surface area is 96.6 Å². The maximum atomic E-state index is 5.95. The molecule has 0 aliphatic carbocycles. The third kappa shape index (κ3) is 2.86. The lowest BCUT2D eigenvalue weighted by Gasteiger charge is -2.28. The first kappa shape index (κ1) is 11.7. The van der Waals surface area contributed by atoms with E-state index in [0.717, 1.165) is 45.8 Å². The minimum Gasteiger partial charge on any atom is -0.378 e. The molecule has 2 heterocycles. The van der Waals surface area contributed by atoms with Gasteiger partial charge in [-0.1, -0.05) is 0 Å². The third-order valence-electron chi connectivity index (χ3n) is 3.21. The van der Waals surface area contributed by atoms with E-state index >= 15 is 0 Å². The Morgan fingerprint density at radius 1 is 1.38 bits per heavy atom. The molecule has 2 N–H and O–H groups in total. The summed E-state index contributed by atoms with van der Waals surface area (Å²) in [7, 11) is 0. The normalized spacial score (nSPS) is 32.1. The number of hydrogen-bond donors (Lipinski definition) is 1. The van der Waals surface area contributed by atoms with Crippen LogP contribution in [0.25, 0.3) is 0 Å². The van der Waals surface area contributed by atoms with Crippen LogP contribution < -0.4 is 5.73 Å². The molecular formula is C11H21N3O2. The number of aliphatic imine (C=N–C) groups is 1. The Kier molecular flexibility index (Phi) is 3.66. The zero-order valence-corrected chi connectivity index (χ0v) is 9.95. The van der Waals surface area contributed by atoms with Gasteiger partial charge in [-0.25, -0.2) is 0 Å². The standard InChI is InChI=1S/C11H21N3O2/c1-11(3-2-6-16-11)9-13-10(12)14-4-7-15-8-5-14/h2-9H2,1H3,(H2,12,13). The van der Waals surface area contributed by atoms with Crippen molar-refractivity contribution < 1.29 is 9.47 Å². The summed E-state index contributed by atoms with van der Waals surface area (Å²) in [5, 5.41) is 0. The van der Waals surface area contributed by atoms with Crippen molar-refractivity contribution in [2.45, 2.75) is 25.4 Å². The molecule has 2 rings (SSSR count). The Morgan fingerprint density at radius 3 is 2.75 bits per heavy atom. The number of hydrogen-bond acceptors (Lipinski definition) is 3. The van der Waals surface area contributed by atoms with Crippen LogP contribution in [0.3, 0.4) is 0 Å². The van der Waals surface area contributed by atoms with Gasteiger partial charge in [0, 0.05) is 19.7 Å². The topological polar surface area (TPSA) is 60.1 Å². The lowest BCUT2D eigenvalue weighted by atomic mass is 10.0. The lowest BCUT2D eigenvalue weighted by Crippen LogP contribution is -2.45. The van der Waals surface area contributed by atoms with Gasteiger partial charge in [-0.2, -0.15) is 0 Å². The van der Waals surface area contributed by atoms with Gasteiger partial charge in [-0.3, -0.25) is 4.99 Å². The maximum absolute atomic E-state index is 5.95. The summed E-state index contributed by atoms with van der Waals surface area (Å²) >= 11 is 0. The van der Waals surface area contributed by atoms with Crippen molar-refractivity contribution in [3.63, 3.8) is 0 Å². The van der Waals surface area contributed by atoms with E-state index in [2.05, 4.69) is 16.8 Å². The predicted molar refractivity (Wildman–Crippen MR) is 62.5 cm³/mol. The average Bonchev–Trinajstić information content (AvgIpc) is 2.75. The average molecular weight is 227 g/mol.